The first kappa shape index (κ1) is 17.9. The molecular formula is C18H19F3N4O2. The summed E-state index contributed by atoms with van der Waals surface area (Å²) in [5, 5.41) is 6.65. The van der Waals surface area contributed by atoms with E-state index in [9.17, 15) is 18.0 Å². The molecule has 0 bridgehead atoms. The van der Waals surface area contributed by atoms with Crippen LogP contribution in [0.2, 0.25) is 0 Å². The molecular weight excluding hydrogens is 361 g/mol. The minimum absolute atomic E-state index is 0.0134. The van der Waals surface area contributed by atoms with Crippen molar-refractivity contribution >= 4 is 5.91 Å². The minimum Gasteiger partial charge on any atom is -0.344 e. The summed E-state index contributed by atoms with van der Waals surface area (Å²) in [4.78, 5) is 20.0. The number of aromatic nitrogens is 3. The van der Waals surface area contributed by atoms with Crippen LogP contribution in [-0.4, -0.2) is 21.0 Å². The molecule has 2 unspecified atom stereocenters. The Morgan fingerprint density at radius 1 is 1.37 bits per heavy atom. The monoisotopic (exact) mass is 380 g/mol. The Balaban J connectivity index is 1.47. The fourth-order valence-electron chi connectivity index (χ4n) is 3.94. The second-order valence-electron chi connectivity index (χ2n) is 7.42. The molecule has 2 saturated carbocycles. The summed E-state index contributed by atoms with van der Waals surface area (Å²) in [6.07, 6.45) is 1.78. The average molecular weight is 380 g/mol. The number of halogens is 3. The average Bonchev–Trinajstić information content (AvgIpc) is 3.06. The van der Waals surface area contributed by atoms with Gasteiger partial charge in [0.05, 0.1) is 0 Å². The lowest BCUT2D eigenvalue weighted by Gasteiger charge is -2.19. The predicted molar refractivity (Wildman–Crippen MR) is 88.1 cm³/mol. The maximum absolute atomic E-state index is 12.8. The molecule has 0 aliphatic heterocycles. The van der Waals surface area contributed by atoms with Gasteiger partial charge in [0.1, 0.15) is 11.7 Å². The third-order valence-electron chi connectivity index (χ3n) is 5.59. The fourth-order valence-corrected chi connectivity index (χ4v) is 3.94. The molecule has 0 radical (unpaired) electrons. The van der Waals surface area contributed by atoms with Crippen molar-refractivity contribution in [2.24, 2.45) is 11.3 Å². The zero-order valence-electron chi connectivity index (χ0n) is 14.7. The van der Waals surface area contributed by atoms with Crippen molar-refractivity contribution < 1.29 is 22.5 Å². The van der Waals surface area contributed by atoms with Crippen LogP contribution in [0.3, 0.4) is 0 Å². The third kappa shape index (κ3) is 3.42. The van der Waals surface area contributed by atoms with E-state index in [0.29, 0.717) is 0 Å². The van der Waals surface area contributed by atoms with E-state index in [1.54, 1.807) is 6.92 Å². The number of hydrogen-bond donors (Lipinski definition) is 1. The summed E-state index contributed by atoms with van der Waals surface area (Å²) >= 11 is 0. The van der Waals surface area contributed by atoms with Gasteiger partial charge in [0.15, 0.2) is 0 Å². The molecule has 2 heterocycles. The lowest BCUT2D eigenvalue weighted by Crippen LogP contribution is -2.35. The van der Waals surface area contributed by atoms with Crippen molar-refractivity contribution in [3.63, 3.8) is 0 Å². The van der Waals surface area contributed by atoms with Crippen LogP contribution in [0.4, 0.5) is 13.2 Å². The third-order valence-corrected chi connectivity index (χ3v) is 5.59. The highest BCUT2D eigenvalue weighted by atomic mass is 19.4. The zero-order valence-corrected chi connectivity index (χ0v) is 14.7. The second kappa shape index (κ2) is 6.31. The lowest BCUT2D eigenvalue weighted by atomic mass is 9.92. The van der Waals surface area contributed by atoms with Gasteiger partial charge in [-0.05, 0) is 50.2 Å². The molecule has 9 heteroatoms. The number of pyridine rings is 1. The molecule has 2 fully saturated rings. The minimum atomic E-state index is -4.55. The van der Waals surface area contributed by atoms with E-state index in [2.05, 4.69) is 20.4 Å². The maximum atomic E-state index is 12.8. The van der Waals surface area contributed by atoms with Crippen molar-refractivity contribution in [1.29, 1.82) is 0 Å². The summed E-state index contributed by atoms with van der Waals surface area (Å²) < 4.78 is 43.6. The van der Waals surface area contributed by atoms with Gasteiger partial charge in [-0.15, -0.1) is 0 Å². The van der Waals surface area contributed by atoms with Crippen molar-refractivity contribution in [3.05, 3.63) is 29.9 Å². The molecule has 1 amide bonds. The Hall–Kier alpha value is -2.45. The number of nitrogens with one attached hydrogen (secondary N) is 1. The first-order valence-electron chi connectivity index (χ1n) is 8.96. The smallest absolute Gasteiger partial charge is 0.344 e. The molecule has 0 aromatic carbocycles. The molecule has 4 rings (SSSR count). The number of carbonyl (C=O) groups excluding carboxylic acids is 1. The highest BCUT2D eigenvalue weighted by molar-refractivity contribution is 5.80. The molecule has 2 atom stereocenters. The number of nitrogens with zero attached hydrogens (tertiary/aromatic N) is 3. The molecule has 6 nitrogen and oxygen atoms in total. The molecule has 2 aliphatic rings. The standard InChI is InChI=1S/C18H19F3N4O2/c1-10(23-15(26)12-3-2-5-17(12)6-7-17)16-24-14(25-27-16)11-4-8-22-13(9-11)18(19,20)21/h4,8-10,12H,2-3,5-7H2,1H3,(H,23,26). The Morgan fingerprint density at radius 3 is 2.85 bits per heavy atom. The largest absolute Gasteiger partial charge is 0.433 e. The Kier molecular flexibility index (Phi) is 4.20. The number of amides is 1. The molecule has 2 aromatic rings. The summed E-state index contributed by atoms with van der Waals surface area (Å²) in [6.45, 7) is 1.72. The van der Waals surface area contributed by atoms with Crippen molar-refractivity contribution in [2.45, 2.75) is 51.2 Å². The van der Waals surface area contributed by atoms with Gasteiger partial charge in [-0.3, -0.25) is 9.78 Å². The molecule has 2 aromatic heterocycles. The van der Waals surface area contributed by atoms with Gasteiger partial charge in [0, 0.05) is 17.7 Å². The highest BCUT2D eigenvalue weighted by Crippen LogP contribution is 2.61. The molecule has 2 aliphatic carbocycles. The Morgan fingerprint density at radius 2 is 2.15 bits per heavy atom. The van der Waals surface area contributed by atoms with Gasteiger partial charge in [-0.2, -0.15) is 18.2 Å². The van der Waals surface area contributed by atoms with Crippen molar-refractivity contribution in [1.82, 2.24) is 20.4 Å². The zero-order chi connectivity index (χ0) is 19.2. The molecule has 0 saturated heterocycles. The van der Waals surface area contributed by atoms with Crippen LogP contribution in [0.1, 0.15) is 56.7 Å². The SMILES string of the molecule is CC(NC(=O)C1CCCC12CC2)c1nc(-c2ccnc(C(F)(F)F)c2)no1. The van der Waals surface area contributed by atoms with E-state index in [4.69, 9.17) is 4.52 Å². The molecule has 27 heavy (non-hydrogen) atoms. The number of carbonyl (C=O) groups is 1. The van der Waals surface area contributed by atoms with E-state index in [1.165, 1.54) is 6.07 Å². The van der Waals surface area contributed by atoms with E-state index in [-0.39, 0.29) is 34.5 Å². The van der Waals surface area contributed by atoms with Crippen molar-refractivity contribution in [3.8, 4) is 11.4 Å². The number of alkyl halides is 3. The van der Waals surface area contributed by atoms with Gasteiger partial charge in [-0.25, -0.2) is 0 Å². The predicted octanol–water partition coefficient (Wildman–Crippen LogP) is 3.91. The van der Waals surface area contributed by atoms with Crippen LogP contribution in [0.15, 0.2) is 22.9 Å². The first-order valence-corrected chi connectivity index (χ1v) is 8.96. The van der Waals surface area contributed by atoms with Gasteiger partial charge in [0.25, 0.3) is 0 Å². The Labute approximate surface area is 153 Å². The molecule has 1 N–H and O–H groups in total. The van der Waals surface area contributed by atoms with Crippen LogP contribution in [0.5, 0.6) is 0 Å². The quantitative estimate of drug-likeness (QED) is 0.870. The number of hydrogen-bond acceptors (Lipinski definition) is 5. The number of rotatable bonds is 4. The topological polar surface area (TPSA) is 80.9 Å². The van der Waals surface area contributed by atoms with Crippen LogP contribution < -0.4 is 5.32 Å². The first-order chi connectivity index (χ1) is 12.8. The van der Waals surface area contributed by atoms with Crippen LogP contribution in [-0.2, 0) is 11.0 Å². The van der Waals surface area contributed by atoms with Crippen LogP contribution in [0, 0.1) is 11.3 Å². The molecule has 144 valence electrons. The van der Waals surface area contributed by atoms with E-state index in [0.717, 1.165) is 44.4 Å². The summed E-state index contributed by atoms with van der Waals surface area (Å²) in [7, 11) is 0. The van der Waals surface area contributed by atoms with Gasteiger partial charge >= 0.3 is 6.18 Å². The van der Waals surface area contributed by atoms with E-state index >= 15 is 0 Å². The maximum Gasteiger partial charge on any atom is 0.433 e. The normalized spacial score (nSPS) is 22.0. The fraction of sp³-hybridized carbons (Fsp3) is 0.556. The highest BCUT2D eigenvalue weighted by Gasteiger charge is 2.54. The summed E-state index contributed by atoms with van der Waals surface area (Å²) in [5.74, 6) is 0.197. The Bertz CT molecular complexity index is 860. The van der Waals surface area contributed by atoms with Gasteiger partial charge in [-0.1, -0.05) is 11.6 Å². The lowest BCUT2D eigenvalue weighted by molar-refractivity contribution is -0.141. The second-order valence-corrected chi connectivity index (χ2v) is 7.42. The van der Waals surface area contributed by atoms with Crippen LogP contribution in [0.25, 0.3) is 11.4 Å². The van der Waals surface area contributed by atoms with E-state index < -0.39 is 17.9 Å². The van der Waals surface area contributed by atoms with Crippen LogP contribution >= 0.6 is 0 Å². The molecule has 1 spiro atoms. The van der Waals surface area contributed by atoms with Gasteiger partial charge in [0.2, 0.25) is 17.6 Å². The summed E-state index contributed by atoms with van der Waals surface area (Å²) in [5.41, 5.74) is -0.684. The summed E-state index contributed by atoms with van der Waals surface area (Å²) in [6, 6.07) is 1.73. The van der Waals surface area contributed by atoms with Crippen molar-refractivity contribution in [2.75, 3.05) is 0 Å². The van der Waals surface area contributed by atoms with E-state index in [1.807, 2.05) is 0 Å². The van der Waals surface area contributed by atoms with Gasteiger partial charge < -0.3 is 9.84 Å².